The average Bonchev–Trinajstić information content (AvgIpc) is 2.81. The average molecular weight is 352 g/mol. The summed E-state index contributed by atoms with van der Waals surface area (Å²) in [6.07, 6.45) is 4.21. The second-order valence-electron chi connectivity index (χ2n) is 6.72. The van der Waals surface area contributed by atoms with E-state index < -0.39 is 9.84 Å². The van der Waals surface area contributed by atoms with E-state index >= 15 is 0 Å². The Hall–Kier alpha value is -1.76. The molecule has 24 heavy (non-hydrogen) atoms. The fourth-order valence-corrected chi connectivity index (χ4v) is 4.96. The zero-order valence-corrected chi connectivity index (χ0v) is 14.9. The van der Waals surface area contributed by atoms with Gasteiger partial charge in [-0.2, -0.15) is 0 Å². The van der Waals surface area contributed by atoms with Gasteiger partial charge in [0.2, 0.25) is 0 Å². The Balaban J connectivity index is 1.60. The predicted molar refractivity (Wildman–Crippen MR) is 91.7 cm³/mol. The molecule has 0 spiro atoms. The van der Waals surface area contributed by atoms with E-state index in [-0.39, 0.29) is 23.4 Å². The number of nitrogens with zero attached hydrogens (tertiary/aromatic N) is 1. The van der Waals surface area contributed by atoms with Crippen LogP contribution in [0.25, 0.3) is 0 Å². The van der Waals surface area contributed by atoms with Crippen molar-refractivity contribution in [2.24, 2.45) is 0 Å². The Labute approximate surface area is 143 Å². The summed E-state index contributed by atoms with van der Waals surface area (Å²) in [6, 6.07) is 7.56. The number of sulfone groups is 1. The second-order valence-corrected chi connectivity index (χ2v) is 9.05. The Bertz CT molecular complexity index is 688. The predicted octanol–water partition coefficient (Wildman–Crippen LogP) is 1.94. The van der Waals surface area contributed by atoms with Crippen LogP contribution in [0.5, 0.6) is 5.75 Å². The molecule has 2 bridgehead atoms. The van der Waals surface area contributed by atoms with Crippen molar-refractivity contribution in [3.8, 4) is 5.75 Å². The smallest absolute Gasteiger partial charge is 0.318 e. The molecule has 2 atom stereocenters. The number of carbonyl (C=O) groups excluding carboxylic acids is 1. The minimum Gasteiger partial charge on any atom is -0.497 e. The minimum absolute atomic E-state index is 0.0411. The first-order chi connectivity index (χ1) is 11.4. The Kier molecular flexibility index (Phi) is 4.71. The first-order valence-corrected chi connectivity index (χ1v) is 10.2. The number of piperidine rings is 1. The summed E-state index contributed by atoms with van der Waals surface area (Å²) in [6.45, 7) is 0.453. The number of carbonyl (C=O) groups is 1. The molecule has 2 aliphatic rings. The summed E-state index contributed by atoms with van der Waals surface area (Å²) in [5, 5.41) is 2.65. The van der Waals surface area contributed by atoms with Gasteiger partial charge in [0.15, 0.2) is 0 Å². The summed E-state index contributed by atoms with van der Waals surface area (Å²) in [4.78, 5) is 14.4. The van der Waals surface area contributed by atoms with Gasteiger partial charge in [-0.25, -0.2) is 13.2 Å². The van der Waals surface area contributed by atoms with Gasteiger partial charge in [-0.15, -0.1) is 0 Å². The lowest BCUT2D eigenvalue weighted by molar-refractivity contribution is 0.147. The molecule has 0 saturated carbocycles. The van der Waals surface area contributed by atoms with Crippen LogP contribution in [0.4, 0.5) is 4.79 Å². The van der Waals surface area contributed by atoms with Gasteiger partial charge >= 0.3 is 6.03 Å². The van der Waals surface area contributed by atoms with Crippen LogP contribution < -0.4 is 10.1 Å². The largest absolute Gasteiger partial charge is 0.497 e. The number of hydrogen-bond donors (Lipinski definition) is 1. The maximum Gasteiger partial charge on any atom is 0.318 e. The van der Waals surface area contributed by atoms with Crippen molar-refractivity contribution < 1.29 is 17.9 Å². The molecule has 132 valence electrons. The third-order valence-corrected chi connectivity index (χ3v) is 6.73. The second kappa shape index (κ2) is 6.63. The van der Waals surface area contributed by atoms with Crippen molar-refractivity contribution in [3.63, 3.8) is 0 Å². The zero-order valence-electron chi connectivity index (χ0n) is 14.1. The highest BCUT2D eigenvalue weighted by atomic mass is 32.2. The summed E-state index contributed by atoms with van der Waals surface area (Å²) in [7, 11) is -1.42. The van der Waals surface area contributed by atoms with Gasteiger partial charge in [-0.1, -0.05) is 12.1 Å². The molecular formula is C17H24N2O4S. The van der Waals surface area contributed by atoms with Gasteiger partial charge in [0.1, 0.15) is 15.6 Å². The minimum atomic E-state index is -3.03. The monoisotopic (exact) mass is 352 g/mol. The van der Waals surface area contributed by atoms with Crippen molar-refractivity contribution in [2.45, 2.75) is 49.6 Å². The number of ether oxygens (including phenoxy) is 1. The molecule has 7 heteroatoms. The molecule has 0 aliphatic carbocycles. The molecule has 2 saturated heterocycles. The SMILES string of the molecule is COc1ccc(CNC(=O)N2C3CCC2CC(S(C)(=O)=O)C3)cc1. The van der Waals surface area contributed by atoms with E-state index in [1.54, 1.807) is 7.11 Å². The van der Waals surface area contributed by atoms with Gasteiger partial charge in [-0.3, -0.25) is 0 Å². The van der Waals surface area contributed by atoms with E-state index in [2.05, 4.69) is 5.32 Å². The summed E-state index contributed by atoms with van der Waals surface area (Å²) in [5.41, 5.74) is 1.00. The molecule has 3 rings (SSSR count). The normalized spacial score (nSPS) is 26.2. The fraction of sp³-hybridized carbons (Fsp3) is 0.588. The molecule has 6 nitrogen and oxygen atoms in total. The van der Waals surface area contributed by atoms with Crippen LogP contribution in [0.2, 0.25) is 0 Å². The van der Waals surface area contributed by atoms with Gasteiger partial charge in [-0.05, 0) is 43.4 Å². The van der Waals surface area contributed by atoms with Gasteiger partial charge in [0, 0.05) is 24.9 Å². The van der Waals surface area contributed by atoms with Crippen molar-refractivity contribution >= 4 is 15.9 Å². The molecule has 0 radical (unpaired) electrons. The van der Waals surface area contributed by atoms with Crippen LogP contribution in [-0.4, -0.2) is 50.0 Å². The topological polar surface area (TPSA) is 75.7 Å². The number of nitrogens with one attached hydrogen (secondary N) is 1. The lowest BCUT2D eigenvalue weighted by atomic mass is 10.0. The number of hydrogen-bond acceptors (Lipinski definition) is 4. The third kappa shape index (κ3) is 3.50. The first-order valence-electron chi connectivity index (χ1n) is 8.26. The van der Waals surface area contributed by atoms with Crippen molar-refractivity contribution in [3.05, 3.63) is 29.8 Å². The van der Waals surface area contributed by atoms with Gasteiger partial charge in [0.25, 0.3) is 0 Å². The highest BCUT2D eigenvalue weighted by Crippen LogP contribution is 2.38. The maximum absolute atomic E-state index is 12.6. The van der Waals surface area contributed by atoms with Crippen LogP contribution in [0.15, 0.2) is 24.3 Å². The van der Waals surface area contributed by atoms with Crippen LogP contribution >= 0.6 is 0 Å². The molecule has 1 aromatic carbocycles. The number of urea groups is 1. The molecule has 2 unspecified atom stereocenters. The molecule has 1 N–H and O–H groups in total. The number of methoxy groups -OCH3 is 1. The van der Waals surface area contributed by atoms with Gasteiger partial charge < -0.3 is 15.0 Å². The summed E-state index contributed by atoms with van der Waals surface area (Å²) in [5.74, 6) is 0.783. The molecule has 2 aliphatic heterocycles. The van der Waals surface area contributed by atoms with E-state index in [0.717, 1.165) is 24.2 Å². The number of amides is 2. The quantitative estimate of drug-likeness (QED) is 0.899. The molecule has 2 amide bonds. The molecular weight excluding hydrogens is 328 g/mol. The Morgan fingerprint density at radius 1 is 1.21 bits per heavy atom. The van der Waals surface area contributed by atoms with Crippen LogP contribution in [-0.2, 0) is 16.4 Å². The van der Waals surface area contributed by atoms with Gasteiger partial charge in [0.05, 0.1) is 12.4 Å². The molecule has 1 aromatic rings. The van der Waals surface area contributed by atoms with E-state index in [0.29, 0.717) is 19.4 Å². The highest BCUT2D eigenvalue weighted by Gasteiger charge is 2.45. The molecule has 0 aromatic heterocycles. The van der Waals surface area contributed by atoms with Crippen LogP contribution in [0.1, 0.15) is 31.2 Å². The van der Waals surface area contributed by atoms with Crippen molar-refractivity contribution in [1.82, 2.24) is 10.2 Å². The summed E-state index contributed by atoms with van der Waals surface area (Å²) < 4.78 is 28.7. The standard InChI is InChI=1S/C17H24N2O4S/c1-23-15-7-3-12(4-8-15)11-18-17(20)19-13-5-6-14(19)10-16(9-13)24(2,21)22/h3-4,7-8,13-14,16H,5-6,9-11H2,1-2H3,(H,18,20). The van der Waals surface area contributed by atoms with E-state index in [9.17, 15) is 13.2 Å². The van der Waals surface area contributed by atoms with Crippen LogP contribution in [0.3, 0.4) is 0 Å². The number of benzene rings is 1. The zero-order chi connectivity index (χ0) is 17.3. The highest BCUT2D eigenvalue weighted by molar-refractivity contribution is 7.91. The van der Waals surface area contributed by atoms with E-state index in [1.807, 2.05) is 29.2 Å². The van der Waals surface area contributed by atoms with E-state index in [1.165, 1.54) is 6.26 Å². The van der Waals surface area contributed by atoms with Crippen molar-refractivity contribution in [1.29, 1.82) is 0 Å². The lowest BCUT2D eigenvalue weighted by Gasteiger charge is -2.38. The number of rotatable bonds is 4. The Morgan fingerprint density at radius 3 is 2.29 bits per heavy atom. The first kappa shape index (κ1) is 17.1. The van der Waals surface area contributed by atoms with Crippen LogP contribution in [0, 0.1) is 0 Å². The fourth-order valence-electron chi connectivity index (χ4n) is 3.82. The third-order valence-electron chi connectivity index (χ3n) is 5.13. The van der Waals surface area contributed by atoms with Crippen molar-refractivity contribution in [2.75, 3.05) is 13.4 Å². The molecule has 2 heterocycles. The molecule has 2 fully saturated rings. The summed E-state index contributed by atoms with van der Waals surface area (Å²) >= 11 is 0. The Morgan fingerprint density at radius 2 is 1.79 bits per heavy atom. The maximum atomic E-state index is 12.6. The number of fused-ring (bicyclic) bond motifs is 2. The van der Waals surface area contributed by atoms with E-state index in [4.69, 9.17) is 4.74 Å². The lowest BCUT2D eigenvalue weighted by Crippen LogP contribution is -2.52.